The molecule has 13 heavy (non-hydrogen) atoms. The van der Waals surface area contributed by atoms with E-state index < -0.39 is 10.4 Å². The van der Waals surface area contributed by atoms with Crippen molar-refractivity contribution < 1.29 is 21.5 Å². The average Bonchev–Trinajstić information content (AvgIpc) is 2.72. The minimum Gasteiger partial charge on any atom is -0.373 e. The van der Waals surface area contributed by atoms with Crippen LogP contribution in [0.2, 0.25) is 0 Å². The van der Waals surface area contributed by atoms with Gasteiger partial charge in [-0.15, -0.1) is 0 Å². The molecule has 1 heterocycles. The Morgan fingerprint density at radius 3 is 1.77 bits per heavy atom. The van der Waals surface area contributed by atoms with E-state index in [1.165, 1.54) is 0 Å². The molecule has 1 unspecified atom stereocenters. The molecule has 5 nitrogen and oxygen atoms in total. The molecule has 6 heteroatoms. The first-order valence-corrected chi connectivity index (χ1v) is 5.50. The highest BCUT2D eigenvalue weighted by Gasteiger charge is 2.13. The molecule has 1 saturated heterocycles. The Morgan fingerprint density at radius 1 is 1.31 bits per heavy atom. The molecule has 0 radical (unpaired) electrons. The smallest absolute Gasteiger partial charge is 0.373 e. The third kappa shape index (κ3) is 9.75. The number of epoxide rings is 1. The minimum absolute atomic E-state index is 0.113. The van der Waals surface area contributed by atoms with E-state index >= 15 is 0 Å². The monoisotopic (exact) mass is 212 g/mol. The zero-order chi connectivity index (χ0) is 10.3. The maximum atomic E-state index is 10.4. The van der Waals surface area contributed by atoms with Crippen LogP contribution in [0.25, 0.3) is 0 Å². The molecule has 0 amide bonds. The summed E-state index contributed by atoms with van der Waals surface area (Å²) in [4.78, 5) is 0. The minimum atomic E-state index is -3.68. The molecule has 0 aliphatic carbocycles. The van der Waals surface area contributed by atoms with Crippen LogP contribution < -0.4 is 0 Å². The standard InChI is InChI=1S/C4H10O4S.C3H6O/c1-3-7-9(5,6)8-4-2;1-3-2-4-3/h3-4H2,1-2H3;3H,2H2,1H3. The van der Waals surface area contributed by atoms with Gasteiger partial charge in [0, 0.05) is 0 Å². The topological polar surface area (TPSA) is 65.1 Å². The molecule has 1 fully saturated rings. The molecule has 0 aromatic heterocycles. The van der Waals surface area contributed by atoms with Gasteiger partial charge >= 0.3 is 10.4 Å². The number of hydrogen-bond donors (Lipinski definition) is 0. The summed E-state index contributed by atoms with van der Waals surface area (Å²) >= 11 is 0. The predicted octanol–water partition coefficient (Wildman–Crippen LogP) is 0.709. The lowest BCUT2D eigenvalue weighted by molar-refractivity contribution is 0.231. The van der Waals surface area contributed by atoms with Crippen molar-refractivity contribution >= 4 is 10.4 Å². The zero-order valence-corrected chi connectivity index (χ0v) is 8.96. The molecule has 0 aromatic carbocycles. The van der Waals surface area contributed by atoms with Gasteiger partial charge in [-0.25, -0.2) is 8.37 Å². The normalized spacial score (nSPS) is 20.4. The van der Waals surface area contributed by atoms with Crippen molar-refractivity contribution in [3.05, 3.63) is 0 Å². The fourth-order valence-corrected chi connectivity index (χ4v) is 1.06. The van der Waals surface area contributed by atoms with E-state index in [9.17, 15) is 8.42 Å². The maximum Gasteiger partial charge on any atom is 0.399 e. The Balaban J connectivity index is 0.000000293. The van der Waals surface area contributed by atoms with Crippen LogP contribution in [0.3, 0.4) is 0 Å². The molecule has 1 aliphatic rings. The van der Waals surface area contributed by atoms with E-state index in [1.807, 2.05) is 0 Å². The number of rotatable bonds is 4. The fraction of sp³-hybridized carbons (Fsp3) is 1.00. The molecule has 1 atom stereocenters. The summed E-state index contributed by atoms with van der Waals surface area (Å²) in [6.07, 6.45) is 0.583. The lowest BCUT2D eigenvalue weighted by Gasteiger charge is -1.99. The van der Waals surface area contributed by atoms with E-state index in [2.05, 4.69) is 15.3 Å². The highest BCUT2D eigenvalue weighted by molar-refractivity contribution is 7.81. The van der Waals surface area contributed by atoms with Crippen LogP contribution in [0.4, 0.5) is 0 Å². The Hall–Kier alpha value is -0.170. The first-order chi connectivity index (χ1) is 6.02. The molecule has 0 spiro atoms. The van der Waals surface area contributed by atoms with Gasteiger partial charge in [-0.3, -0.25) is 0 Å². The Labute approximate surface area is 79.3 Å². The number of hydrogen-bond acceptors (Lipinski definition) is 5. The molecule has 0 saturated carbocycles. The van der Waals surface area contributed by atoms with Crippen molar-refractivity contribution in [3.8, 4) is 0 Å². The van der Waals surface area contributed by atoms with Gasteiger partial charge in [0.25, 0.3) is 0 Å². The van der Waals surface area contributed by atoms with Crippen LogP contribution in [0.5, 0.6) is 0 Å². The van der Waals surface area contributed by atoms with E-state index in [4.69, 9.17) is 4.74 Å². The summed E-state index contributed by atoms with van der Waals surface area (Å²) in [6.45, 7) is 6.43. The Kier molecular flexibility index (Phi) is 6.23. The Bertz CT molecular complexity index is 195. The summed E-state index contributed by atoms with van der Waals surface area (Å²) in [5.74, 6) is 0. The summed E-state index contributed by atoms with van der Waals surface area (Å²) < 4.78 is 33.9. The van der Waals surface area contributed by atoms with Gasteiger partial charge in [0.1, 0.15) is 0 Å². The lowest BCUT2D eigenvalue weighted by atomic mass is 10.6. The highest BCUT2D eigenvalue weighted by Crippen LogP contribution is 2.04. The molecule has 0 aromatic rings. The first kappa shape index (κ1) is 12.8. The maximum absolute atomic E-state index is 10.4. The van der Waals surface area contributed by atoms with Crippen molar-refractivity contribution in [1.82, 2.24) is 0 Å². The largest absolute Gasteiger partial charge is 0.399 e. The van der Waals surface area contributed by atoms with Crippen LogP contribution in [-0.4, -0.2) is 34.3 Å². The van der Waals surface area contributed by atoms with Gasteiger partial charge in [0.05, 0.1) is 25.9 Å². The molecule has 80 valence electrons. The van der Waals surface area contributed by atoms with Crippen molar-refractivity contribution in [3.63, 3.8) is 0 Å². The quantitative estimate of drug-likeness (QED) is 0.642. The van der Waals surface area contributed by atoms with E-state index in [0.29, 0.717) is 6.10 Å². The summed E-state index contributed by atoms with van der Waals surface area (Å²) in [5, 5.41) is 0. The molecular weight excluding hydrogens is 196 g/mol. The highest BCUT2D eigenvalue weighted by atomic mass is 32.3. The van der Waals surface area contributed by atoms with Gasteiger partial charge in [0.15, 0.2) is 0 Å². The SMILES string of the molecule is CC1CO1.CCOS(=O)(=O)OCC. The lowest BCUT2D eigenvalue weighted by Crippen LogP contribution is -2.09. The van der Waals surface area contributed by atoms with Crippen molar-refractivity contribution in [2.24, 2.45) is 0 Å². The second-order valence-corrected chi connectivity index (χ2v) is 3.65. The number of ether oxygens (including phenoxy) is 1. The van der Waals surface area contributed by atoms with Crippen LogP contribution in [0.15, 0.2) is 0 Å². The second kappa shape index (κ2) is 6.31. The first-order valence-electron chi connectivity index (χ1n) is 4.17. The fourth-order valence-electron chi connectivity index (χ4n) is 0.419. The van der Waals surface area contributed by atoms with Crippen molar-refractivity contribution in [2.75, 3.05) is 19.8 Å². The third-order valence-electron chi connectivity index (χ3n) is 1.02. The predicted molar refractivity (Wildman–Crippen MR) is 47.6 cm³/mol. The van der Waals surface area contributed by atoms with Crippen LogP contribution in [-0.2, 0) is 23.5 Å². The van der Waals surface area contributed by atoms with Gasteiger partial charge in [-0.05, 0) is 20.8 Å². The average molecular weight is 212 g/mol. The summed E-state index contributed by atoms with van der Waals surface area (Å²) in [7, 11) is -3.68. The molecule has 0 bridgehead atoms. The van der Waals surface area contributed by atoms with Gasteiger partial charge in [-0.1, -0.05) is 0 Å². The summed E-state index contributed by atoms with van der Waals surface area (Å²) in [6, 6.07) is 0. The van der Waals surface area contributed by atoms with Gasteiger partial charge in [0.2, 0.25) is 0 Å². The third-order valence-corrected chi connectivity index (χ3v) is 2.07. The van der Waals surface area contributed by atoms with Crippen LogP contribution in [0, 0.1) is 0 Å². The van der Waals surface area contributed by atoms with Gasteiger partial charge < -0.3 is 4.74 Å². The van der Waals surface area contributed by atoms with Crippen molar-refractivity contribution in [2.45, 2.75) is 26.9 Å². The van der Waals surface area contributed by atoms with E-state index in [1.54, 1.807) is 13.8 Å². The molecular formula is C7H16O5S. The zero-order valence-electron chi connectivity index (χ0n) is 8.15. The Morgan fingerprint density at radius 2 is 1.62 bits per heavy atom. The molecule has 1 aliphatic heterocycles. The van der Waals surface area contributed by atoms with Gasteiger partial charge in [-0.2, -0.15) is 8.42 Å². The molecule has 1 rings (SSSR count). The van der Waals surface area contributed by atoms with E-state index in [0.717, 1.165) is 6.61 Å². The summed E-state index contributed by atoms with van der Waals surface area (Å²) in [5.41, 5.74) is 0. The second-order valence-electron chi connectivity index (χ2n) is 2.37. The van der Waals surface area contributed by atoms with E-state index in [-0.39, 0.29) is 13.2 Å². The van der Waals surface area contributed by atoms with Crippen molar-refractivity contribution in [1.29, 1.82) is 0 Å². The molecule has 0 N–H and O–H groups in total. The van der Waals surface area contributed by atoms with Crippen LogP contribution in [0.1, 0.15) is 20.8 Å². The van der Waals surface area contributed by atoms with Crippen LogP contribution >= 0.6 is 0 Å².